The Labute approximate surface area is 110 Å². The molecule has 1 aromatic rings. The second-order valence-corrected chi connectivity index (χ2v) is 5.75. The van der Waals surface area contributed by atoms with Crippen LogP contribution in [-0.4, -0.2) is 36.6 Å². The summed E-state index contributed by atoms with van der Waals surface area (Å²) in [6.45, 7) is 3.73. The fourth-order valence-corrected chi connectivity index (χ4v) is 2.93. The van der Waals surface area contributed by atoms with Crippen molar-refractivity contribution in [2.75, 3.05) is 19.6 Å². The molecule has 1 heterocycles. The van der Waals surface area contributed by atoms with Gasteiger partial charge in [0.1, 0.15) is 0 Å². The number of hydrogen-bond donors (Lipinski definition) is 1. The van der Waals surface area contributed by atoms with Gasteiger partial charge in [0, 0.05) is 25.2 Å². The van der Waals surface area contributed by atoms with Crippen molar-refractivity contribution in [3.05, 3.63) is 35.9 Å². The summed E-state index contributed by atoms with van der Waals surface area (Å²) >= 11 is 0. The third kappa shape index (κ3) is 3.33. The topological polar surface area (TPSA) is 15.3 Å². The van der Waals surface area contributed by atoms with Crippen molar-refractivity contribution in [3.63, 3.8) is 0 Å². The molecule has 0 amide bonds. The summed E-state index contributed by atoms with van der Waals surface area (Å²) in [6.07, 6.45) is 6.76. The lowest BCUT2D eigenvalue weighted by Gasteiger charge is -2.24. The zero-order valence-electron chi connectivity index (χ0n) is 11.1. The highest BCUT2D eigenvalue weighted by Crippen LogP contribution is 2.21. The van der Waals surface area contributed by atoms with Gasteiger partial charge in [-0.25, -0.2) is 0 Å². The third-order valence-corrected chi connectivity index (χ3v) is 4.25. The van der Waals surface area contributed by atoms with Gasteiger partial charge < -0.3 is 5.32 Å². The van der Waals surface area contributed by atoms with Gasteiger partial charge in [-0.15, -0.1) is 0 Å². The standard InChI is InChI=1S/C16H24N2/c1-2-5-14(6-3-1)10-12-18-11-4-7-16(18)13-17-15-8-9-15/h1-3,5-6,15-17H,4,7-13H2. The quantitative estimate of drug-likeness (QED) is 0.827. The van der Waals surface area contributed by atoms with E-state index >= 15 is 0 Å². The van der Waals surface area contributed by atoms with Crippen molar-refractivity contribution in [1.29, 1.82) is 0 Å². The van der Waals surface area contributed by atoms with Crippen molar-refractivity contribution in [2.24, 2.45) is 0 Å². The molecule has 18 heavy (non-hydrogen) atoms. The monoisotopic (exact) mass is 244 g/mol. The van der Waals surface area contributed by atoms with Crippen molar-refractivity contribution in [1.82, 2.24) is 10.2 Å². The molecule has 1 N–H and O–H groups in total. The highest BCUT2D eigenvalue weighted by atomic mass is 15.2. The van der Waals surface area contributed by atoms with Gasteiger partial charge in [-0.1, -0.05) is 30.3 Å². The van der Waals surface area contributed by atoms with Crippen molar-refractivity contribution in [3.8, 4) is 0 Å². The molecule has 0 bridgehead atoms. The molecule has 0 aromatic heterocycles. The molecular weight excluding hydrogens is 220 g/mol. The SMILES string of the molecule is c1ccc(CCN2CCCC2CNC2CC2)cc1. The predicted octanol–water partition coefficient (Wildman–Crippen LogP) is 2.45. The fraction of sp³-hybridized carbons (Fsp3) is 0.625. The van der Waals surface area contributed by atoms with Crippen molar-refractivity contribution >= 4 is 0 Å². The van der Waals surface area contributed by atoms with E-state index in [0.717, 1.165) is 12.1 Å². The summed E-state index contributed by atoms with van der Waals surface area (Å²) < 4.78 is 0. The van der Waals surface area contributed by atoms with Crippen LogP contribution >= 0.6 is 0 Å². The molecule has 1 atom stereocenters. The fourth-order valence-electron chi connectivity index (χ4n) is 2.93. The van der Waals surface area contributed by atoms with Crippen LogP contribution in [0.3, 0.4) is 0 Å². The van der Waals surface area contributed by atoms with E-state index in [1.165, 1.54) is 57.3 Å². The maximum atomic E-state index is 3.69. The molecule has 0 spiro atoms. The van der Waals surface area contributed by atoms with Crippen molar-refractivity contribution in [2.45, 2.75) is 44.2 Å². The van der Waals surface area contributed by atoms with Gasteiger partial charge in [-0.2, -0.15) is 0 Å². The Hall–Kier alpha value is -0.860. The average Bonchev–Trinajstić information content (AvgIpc) is 3.14. The first-order valence-electron chi connectivity index (χ1n) is 7.43. The summed E-state index contributed by atoms with van der Waals surface area (Å²) in [5, 5.41) is 3.69. The van der Waals surface area contributed by atoms with E-state index < -0.39 is 0 Å². The summed E-state index contributed by atoms with van der Waals surface area (Å²) in [5.74, 6) is 0. The minimum absolute atomic E-state index is 0.786. The van der Waals surface area contributed by atoms with Crippen LogP contribution in [0.15, 0.2) is 30.3 Å². The summed E-state index contributed by atoms with van der Waals surface area (Å²) in [7, 11) is 0. The number of rotatable bonds is 6. The normalized spacial score (nSPS) is 24.6. The van der Waals surface area contributed by atoms with E-state index in [4.69, 9.17) is 0 Å². The number of hydrogen-bond acceptors (Lipinski definition) is 2. The summed E-state index contributed by atoms with van der Waals surface area (Å²) in [5.41, 5.74) is 1.47. The summed E-state index contributed by atoms with van der Waals surface area (Å²) in [4.78, 5) is 2.68. The molecule has 3 rings (SSSR count). The van der Waals surface area contributed by atoms with Crippen LogP contribution in [0.4, 0.5) is 0 Å². The van der Waals surface area contributed by atoms with E-state index in [2.05, 4.69) is 40.5 Å². The first-order valence-corrected chi connectivity index (χ1v) is 7.43. The maximum Gasteiger partial charge on any atom is 0.0221 e. The van der Waals surface area contributed by atoms with Crippen LogP contribution in [0.5, 0.6) is 0 Å². The number of nitrogens with one attached hydrogen (secondary N) is 1. The molecule has 1 saturated carbocycles. The number of nitrogens with zero attached hydrogens (tertiary/aromatic N) is 1. The van der Waals surface area contributed by atoms with E-state index in [0.29, 0.717) is 0 Å². The lowest BCUT2D eigenvalue weighted by molar-refractivity contribution is 0.250. The van der Waals surface area contributed by atoms with Gasteiger partial charge in [0.15, 0.2) is 0 Å². The lowest BCUT2D eigenvalue weighted by Crippen LogP contribution is -2.39. The van der Waals surface area contributed by atoms with Crippen LogP contribution < -0.4 is 5.32 Å². The average molecular weight is 244 g/mol. The zero-order valence-corrected chi connectivity index (χ0v) is 11.1. The van der Waals surface area contributed by atoms with Gasteiger partial charge in [0.05, 0.1) is 0 Å². The molecule has 98 valence electrons. The minimum atomic E-state index is 0.786. The van der Waals surface area contributed by atoms with Crippen LogP contribution in [0.2, 0.25) is 0 Å². The van der Waals surface area contributed by atoms with Gasteiger partial charge in [0.25, 0.3) is 0 Å². The van der Waals surface area contributed by atoms with E-state index in [9.17, 15) is 0 Å². The Morgan fingerprint density at radius 2 is 1.94 bits per heavy atom. The van der Waals surface area contributed by atoms with Crippen LogP contribution in [-0.2, 0) is 6.42 Å². The summed E-state index contributed by atoms with van der Waals surface area (Å²) in [6, 6.07) is 12.5. The van der Waals surface area contributed by atoms with Crippen LogP contribution in [0.25, 0.3) is 0 Å². The second-order valence-electron chi connectivity index (χ2n) is 5.75. The minimum Gasteiger partial charge on any atom is -0.312 e. The Morgan fingerprint density at radius 3 is 2.72 bits per heavy atom. The van der Waals surface area contributed by atoms with E-state index in [1.54, 1.807) is 0 Å². The Kier molecular flexibility index (Phi) is 3.96. The second kappa shape index (κ2) is 5.85. The maximum absolute atomic E-state index is 3.69. The van der Waals surface area contributed by atoms with Crippen molar-refractivity contribution < 1.29 is 0 Å². The molecular formula is C16H24N2. The molecule has 1 aliphatic carbocycles. The zero-order chi connectivity index (χ0) is 12.2. The molecule has 1 aliphatic heterocycles. The van der Waals surface area contributed by atoms with Gasteiger partial charge in [-0.05, 0) is 44.2 Å². The van der Waals surface area contributed by atoms with E-state index in [1.807, 2.05) is 0 Å². The number of benzene rings is 1. The molecule has 2 aliphatic rings. The molecule has 1 saturated heterocycles. The van der Waals surface area contributed by atoms with E-state index in [-0.39, 0.29) is 0 Å². The smallest absolute Gasteiger partial charge is 0.0221 e. The molecule has 0 radical (unpaired) electrons. The highest BCUT2D eigenvalue weighted by molar-refractivity contribution is 5.15. The number of likely N-dealkylation sites (tertiary alicyclic amines) is 1. The molecule has 2 nitrogen and oxygen atoms in total. The third-order valence-electron chi connectivity index (χ3n) is 4.25. The lowest BCUT2D eigenvalue weighted by atomic mass is 10.1. The molecule has 1 aromatic carbocycles. The van der Waals surface area contributed by atoms with Gasteiger partial charge >= 0.3 is 0 Å². The predicted molar refractivity (Wildman–Crippen MR) is 75.8 cm³/mol. The Balaban J connectivity index is 1.45. The van der Waals surface area contributed by atoms with Crippen LogP contribution in [0, 0.1) is 0 Å². The largest absolute Gasteiger partial charge is 0.312 e. The molecule has 2 fully saturated rings. The van der Waals surface area contributed by atoms with Crippen LogP contribution in [0.1, 0.15) is 31.2 Å². The molecule has 1 unspecified atom stereocenters. The Morgan fingerprint density at radius 1 is 1.11 bits per heavy atom. The highest BCUT2D eigenvalue weighted by Gasteiger charge is 2.27. The molecule has 2 heteroatoms. The van der Waals surface area contributed by atoms with Gasteiger partial charge in [0.2, 0.25) is 0 Å². The first-order chi connectivity index (χ1) is 8.92. The Bertz CT molecular complexity index is 359. The first kappa shape index (κ1) is 12.2. The van der Waals surface area contributed by atoms with Gasteiger partial charge in [-0.3, -0.25) is 4.90 Å².